The lowest BCUT2D eigenvalue weighted by Gasteiger charge is -2.15. The van der Waals surface area contributed by atoms with Gasteiger partial charge in [0.2, 0.25) is 5.91 Å². The van der Waals surface area contributed by atoms with Crippen molar-refractivity contribution < 1.29 is 22.7 Å². The van der Waals surface area contributed by atoms with Crippen molar-refractivity contribution >= 4 is 27.3 Å². The van der Waals surface area contributed by atoms with E-state index in [4.69, 9.17) is 0 Å². The van der Waals surface area contributed by atoms with Gasteiger partial charge in [0.1, 0.15) is 10.0 Å². The van der Waals surface area contributed by atoms with Gasteiger partial charge >= 0.3 is 0 Å². The highest BCUT2D eigenvalue weighted by atomic mass is 32.2. The minimum absolute atomic E-state index is 0.129. The Hall–Kier alpha value is -1.81. The molecule has 2 N–H and O–H groups in total. The molecule has 1 amide bonds. The van der Waals surface area contributed by atoms with E-state index < -0.39 is 15.8 Å². The molecule has 0 bridgehead atoms. The van der Waals surface area contributed by atoms with E-state index in [1.54, 1.807) is 6.07 Å². The fourth-order valence-corrected chi connectivity index (χ4v) is 5.92. The molecule has 140 valence electrons. The first-order valence-corrected chi connectivity index (χ1v) is 10.3. The molecule has 1 saturated heterocycles. The fourth-order valence-electron chi connectivity index (χ4n) is 2.94. The molecule has 2 heterocycles. The Labute approximate surface area is 155 Å². The van der Waals surface area contributed by atoms with Gasteiger partial charge in [-0.25, -0.2) is 12.8 Å². The molecule has 1 aliphatic heterocycles. The van der Waals surface area contributed by atoms with Gasteiger partial charge in [-0.05, 0) is 36.2 Å². The number of aliphatic hydroxyl groups excluding tert-OH is 1. The maximum atomic E-state index is 14.1. The average molecular weight is 398 g/mol. The summed E-state index contributed by atoms with van der Waals surface area (Å²) in [7, 11) is -3.69. The van der Waals surface area contributed by atoms with Gasteiger partial charge in [0.15, 0.2) is 0 Å². The second-order valence-corrected chi connectivity index (χ2v) is 9.39. The van der Waals surface area contributed by atoms with Crippen molar-refractivity contribution in [3.8, 4) is 10.4 Å². The third-order valence-electron chi connectivity index (χ3n) is 4.21. The highest BCUT2D eigenvalue weighted by molar-refractivity contribution is 7.91. The molecule has 26 heavy (non-hydrogen) atoms. The molecule has 1 aromatic carbocycles. The lowest BCUT2D eigenvalue weighted by atomic mass is 10.1. The normalized spacial score (nSPS) is 18.2. The largest absolute Gasteiger partial charge is 0.392 e. The van der Waals surface area contributed by atoms with E-state index >= 15 is 0 Å². The number of halogens is 1. The van der Waals surface area contributed by atoms with Crippen LogP contribution in [0.25, 0.3) is 10.4 Å². The van der Waals surface area contributed by atoms with Crippen molar-refractivity contribution in [2.75, 3.05) is 13.1 Å². The van der Waals surface area contributed by atoms with Gasteiger partial charge in [-0.1, -0.05) is 6.07 Å². The van der Waals surface area contributed by atoms with E-state index in [0.29, 0.717) is 23.4 Å². The maximum absolute atomic E-state index is 14.1. The van der Waals surface area contributed by atoms with Crippen molar-refractivity contribution in [2.24, 2.45) is 0 Å². The molecule has 0 radical (unpaired) electrons. The van der Waals surface area contributed by atoms with Crippen molar-refractivity contribution in [1.82, 2.24) is 9.62 Å². The first kappa shape index (κ1) is 19.0. The first-order chi connectivity index (χ1) is 12.3. The molecule has 9 heteroatoms. The monoisotopic (exact) mass is 398 g/mol. The van der Waals surface area contributed by atoms with Crippen LogP contribution in [0.4, 0.5) is 4.39 Å². The summed E-state index contributed by atoms with van der Waals surface area (Å²) in [5.41, 5.74) is 0.817. The third-order valence-corrected chi connectivity index (χ3v) is 7.66. The van der Waals surface area contributed by atoms with E-state index in [9.17, 15) is 22.7 Å². The quantitative estimate of drug-likeness (QED) is 0.806. The van der Waals surface area contributed by atoms with Crippen LogP contribution in [0.3, 0.4) is 0 Å². The van der Waals surface area contributed by atoms with Gasteiger partial charge in [-0.15, -0.1) is 11.3 Å². The number of nitrogens with zero attached hydrogens (tertiary/aromatic N) is 1. The molecule has 1 aliphatic rings. The number of carbonyl (C=O) groups is 1. The minimum Gasteiger partial charge on any atom is -0.392 e. The van der Waals surface area contributed by atoms with Crippen LogP contribution in [-0.2, 0) is 21.4 Å². The zero-order chi connectivity index (χ0) is 18.9. The van der Waals surface area contributed by atoms with Crippen LogP contribution in [-0.4, -0.2) is 42.9 Å². The Morgan fingerprint density at radius 1 is 1.38 bits per heavy atom. The number of aliphatic hydroxyl groups is 1. The minimum atomic E-state index is -3.69. The van der Waals surface area contributed by atoms with E-state index in [0.717, 1.165) is 11.3 Å². The van der Waals surface area contributed by atoms with Crippen molar-refractivity contribution in [3.63, 3.8) is 0 Å². The maximum Gasteiger partial charge on any atom is 0.252 e. The summed E-state index contributed by atoms with van der Waals surface area (Å²) in [6, 6.07) is 7.09. The lowest BCUT2D eigenvalue weighted by Crippen LogP contribution is -2.37. The molecular weight excluding hydrogens is 379 g/mol. The average Bonchev–Trinajstić information content (AvgIpc) is 3.25. The molecule has 1 fully saturated rings. The summed E-state index contributed by atoms with van der Waals surface area (Å²) in [5, 5.41) is 11.9. The Bertz CT molecular complexity index is 927. The van der Waals surface area contributed by atoms with Crippen molar-refractivity contribution in [3.05, 3.63) is 41.7 Å². The molecule has 2 aromatic rings. The van der Waals surface area contributed by atoms with Gasteiger partial charge in [0.05, 0.1) is 6.61 Å². The summed E-state index contributed by atoms with van der Waals surface area (Å²) < 4.78 is 41.2. The van der Waals surface area contributed by atoms with Gasteiger partial charge in [-0.2, -0.15) is 4.31 Å². The van der Waals surface area contributed by atoms with Crippen LogP contribution >= 0.6 is 11.3 Å². The van der Waals surface area contributed by atoms with Crippen LogP contribution in [0.1, 0.15) is 18.9 Å². The Balaban J connectivity index is 1.84. The number of hydrogen-bond donors (Lipinski definition) is 2. The standard InChI is InChI=1S/C17H19FN2O4S2/c1-11(22)19-13-6-7-20(9-13)26(23,24)17-5-4-16(25-17)14-8-12(10-21)2-3-15(14)18/h2-5,8,13,21H,6-7,9-10H2,1H3,(H,19,22). The summed E-state index contributed by atoms with van der Waals surface area (Å²) in [5.74, 6) is -0.660. The van der Waals surface area contributed by atoms with E-state index in [-0.39, 0.29) is 34.9 Å². The van der Waals surface area contributed by atoms with Gasteiger partial charge in [0.25, 0.3) is 10.0 Å². The molecule has 0 spiro atoms. The highest BCUT2D eigenvalue weighted by Gasteiger charge is 2.34. The van der Waals surface area contributed by atoms with Crippen molar-refractivity contribution in [1.29, 1.82) is 0 Å². The predicted molar refractivity (Wildman–Crippen MR) is 96.6 cm³/mol. The molecular formula is C17H19FN2O4S2. The zero-order valence-corrected chi connectivity index (χ0v) is 15.7. The molecule has 3 rings (SSSR count). The number of carbonyl (C=O) groups excluding carboxylic acids is 1. The summed E-state index contributed by atoms with van der Waals surface area (Å²) in [6.45, 7) is 1.73. The number of hydrogen-bond acceptors (Lipinski definition) is 5. The number of benzene rings is 1. The Morgan fingerprint density at radius 3 is 2.85 bits per heavy atom. The second kappa shape index (κ2) is 7.43. The van der Waals surface area contributed by atoms with Gasteiger partial charge < -0.3 is 10.4 Å². The van der Waals surface area contributed by atoms with E-state index in [1.165, 1.54) is 35.5 Å². The predicted octanol–water partition coefficient (Wildman–Crippen LogP) is 1.95. The topological polar surface area (TPSA) is 86.7 Å². The van der Waals surface area contributed by atoms with Gasteiger partial charge in [0, 0.05) is 36.5 Å². The van der Waals surface area contributed by atoms with Gasteiger partial charge in [-0.3, -0.25) is 4.79 Å². The molecule has 6 nitrogen and oxygen atoms in total. The number of amides is 1. The number of sulfonamides is 1. The molecule has 1 aromatic heterocycles. The summed E-state index contributed by atoms with van der Waals surface area (Å²) in [4.78, 5) is 11.6. The number of rotatable bonds is 5. The fraction of sp³-hybridized carbons (Fsp3) is 0.353. The first-order valence-electron chi connectivity index (χ1n) is 8.08. The molecule has 1 unspecified atom stereocenters. The Morgan fingerprint density at radius 2 is 2.15 bits per heavy atom. The summed E-state index contributed by atoms with van der Waals surface area (Å²) >= 11 is 0.990. The SMILES string of the molecule is CC(=O)NC1CCN(S(=O)(=O)c2ccc(-c3cc(CO)ccc3F)s2)C1. The molecule has 0 saturated carbocycles. The van der Waals surface area contributed by atoms with E-state index in [1.807, 2.05) is 0 Å². The smallest absolute Gasteiger partial charge is 0.252 e. The summed E-state index contributed by atoms with van der Waals surface area (Å²) in [6.07, 6.45) is 0.560. The molecule has 0 aliphatic carbocycles. The number of thiophene rings is 1. The second-order valence-electron chi connectivity index (χ2n) is 6.14. The van der Waals surface area contributed by atoms with Crippen LogP contribution in [0.2, 0.25) is 0 Å². The Kier molecular flexibility index (Phi) is 5.42. The van der Waals surface area contributed by atoms with Crippen LogP contribution in [0, 0.1) is 5.82 Å². The molecule has 1 atom stereocenters. The van der Waals surface area contributed by atoms with Crippen LogP contribution in [0.15, 0.2) is 34.5 Å². The zero-order valence-electron chi connectivity index (χ0n) is 14.1. The van der Waals surface area contributed by atoms with Crippen LogP contribution in [0.5, 0.6) is 0 Å². The number of nitrogens with one attached hydrogen (secondary N) is 1. The third kappa shape index (κ3) is 3.80. The highest BCUT2D eigenvalue weighted by Crippen LogP contribution is 2.35. The van der Waals surface area contributed by atoms with Crippen molar-refractivity contribution in [2.45, 2.75) is 30.2 Å². The lowest BCUT2D eigenvalue weighted by molar-refractivity contribution is -0.119. The van der Waals surface area contributed by atoms with E-state index in [2.05, 4.69) is 5.32 Å². The van der Waals surface area contributed by atoms with Crippen LogP contribution < -0.4 is 5.32 Å².